The number of aromatic nitrogens is 1. The van der Waals surface area contributed by atoms with Crippen molar-refractivity contribution in [1.29, 1.82) is 0 Å². The highest BCUT2D eigenvalue weighted by Gasteiger charge is 2.00. The van der Waals surface area contributed by atoms with Crippen molar-refractivity contribution in [1.82, 2.24) is 4.98 Å². The van der Waals surface area contributed by atoms with E-state index in [1.54, 1.807) is 11.8 Å². The third-order valence-corrected chi connectivity index (χ3v) is 3.39. The molecule has 0 saturated heterocycles. The Hall–Kier alpha value is -1.48. The molecular weight excluding hydrogens is 228 g/mol. The lowest BCUT2D eigenvalue weighted by Crippen LogP contribution is -1.89. The van der Waals surface area contributed by atoms with Crippen molar-refractivity contribution in [2.45, 2.75) is 24.6 Å². The van der Waals surface area contributed by atoms with Gasteiger partial charge in [-0.2, -0.15) is 0 Å². The van der Waals surface area contributed by atoms with Crippen molar-refractivity contribution in [3.05, 3.63) is 53.2 Å². The SMILES string of the molecule is Cc1cc(C)nc(SCc2cccc(N)c2)c1. The second-order valence-electron chi connectivity index (χ2n) is 4.16. The number of nitrogens with zero attached hydrogens (tertiary/aromatic N) is 1. The number of hydrogen-bond acceptors (Lipinski definition) is 3. The molecular formula is C14H16N2S. The molecule has 2 aromatic rings. The van der Waals surface area contributed by atoms with E-state index in [4.69, 9.17) is 5.73 Å². The van der Waals surface area contributed by atoms with Gasteiger partial charge in [-0.15, -0.1) is 11.8 Å². The van der Waals surface area contributed by atoms with Crippen molar-refractivity contribution in [2.24, 2.45) is 0 Å². The lowest BCUT2D eigenvalue weighted by molar-refractivity contribution is 1.05. The van der Waals surface area contributed by atoms with E-state index in [2.05, 4.69) is 30.1 Å². The quantitative estimate of drug-likeness (QED) is 0.662. The zero-order valence-corrected chi connectivity index (χ0v) is 10.9. The van der Waals surface area contributed by atoms with Crippen molar-refractivity contribution in [2.75, 3.05) is 5.73 Å². The Labute approximate surface area is 106 Å². The molecule has 3 heteroatoms. The maximum absolute atomic E-state index is 5.75. The van der Waals surface area contributed by atoms with Crippen molar-refractivity contribution >= 4 is 17.4 Å². The van der Waals surface area contributed by atoms with Crippen LogP contribution >= 0.6 is 11.8 Å². The molecule has 0 atom stereocenters. The standard InChI is InChI=1S/C14H16N2S/c1-10-6-11(2)16-14(7-10)17-9-12-4-3-5-13(15)8-12/h3-8H,9,15H2,1-2H3. The van der Waals surface area contributed by atoms with Gasteiger partial charge in [-0.05, 0) is 49.2 Å². The first kappa shape index (κ1) is 12.0. The summed E-state index contributed by atoms with van der Waals surface area (Å²) in [5, 5.41) is 1.07. The minimum Gasteiger partial charge on any atom is -0.399 e. The van der Waals surface area contributed by atoms with Crippen LogP contribution in [0.4, 0.5) is 5.69 Å². The Bertz CT molecular complexity index is 503. The average Bonchev–Trinajstić information content (AvgIpc) is 2.25. The maximum atomic E-state index is 5.75. The topological polar surface area (TPSA) is 38.9 Å². The lowest BCUT2D eigenvalue weighted by Gasteiger charge is -2.04. The predicted octanol–water partition coefficient (Wildman–Crippen LogP) is 3.57. The molecule has 0 unspecified atom stereocenters. The summed E-state index contributed by atoms with van der Waals surface area (Å²) in [7, 11) is 0. The number of aryl methyl sites for hydroxylation is 2. The molecule has 0 fully saturated rings. The van der Waals surface area contributed by atoms with Gasteiger partial charge in [0.2, 0.25) is 0 Å². The maximum Gasteiger partial charge on any atom is 0.0968 e. The Morgan fingerprint density at radius 1 is 1.18 bits per heavy atom. The van der Waals surface area contributed by atoms with Crippen LogP contribution in [0, 0.1) is 13.8 Å². The molecule has 0 radical (unpaired) electrons. The van der Waals surface area contributed by atoms with E-state index in [-0.39, 0.29) is 0 Å². The largest absolute Gasteiger partial charge is 0.399 e. The fourth-order valence-corrected chi connectivity index (χ4v) is 2.69. The number of benzene rings is 1. The van der Waals surface area contributed by atoms with Gasteiger partial charge in [-0.1, -0.05) is 12.1 Å². The molecule has 2 nitrogen and oxygen atoms in total. The summed E-state index contributed by atoms with van der Waals surface area (Å²) >= 11 is 1.74. The molecule has 1 aromatic heterocycles. The molecule has 17 heavy (non-hydrogen) atoms. The molecule has 0 spiro atoms. The lowest BCUT2D eigenvalue weighted by atomic mass is 10.2. The third kappa shape index (κ3) is 3.49. The zero-order valence-electron chi connectivity index (χ0n) is 10.1. The summed E-state index contributed by atoms with van der Waals surface area (Å²) in [5.74, 6) is 0.904. The van der Waals surface area contributed by atoms with Gasteiger partial charge in [-0.3, -0.25) is 0 Å². The van der Waals surface area contributed by atoms with Crippen molar-refractivity contribution in [3.8, 4) is 0 Å². The summed E-state index contributed by atoms with van der Waals surface area (Å²) in [5.41, 5.74) is 10.1. The van der Waals surface area contributed by atoms with Crippen LogP contribution in [0.5, 0.6) is 0 Å². The van der Waals surface area contributed by atoms with E-state index in [9.17, 15) is 0 Å². The summed E-state index contributed by atoms with van der Waals surface area (Å²) in [6.07, 6.45) is 0. The smallest absolute Gasteiger partial charge is 0.0968 e. The van der Waals surface area contributed by atoms with Gasteiger partial charge in [0.25, 0.3) is 0 Å². The number of pyridine rings is 1. The molecule has 0 aliphatic rings. The highest BCUT2D eigenvalue weighted by Crippen LogP contribution is 2.23. The Morgan fingerprint density at radius 3 is 2.71 bits per heavy atom. The highest BCUT2D eigenvalue weighted by molar-refractivity contribution is 7.98. The molecule has 1 heterocycles. The summed E-state index contributed by atoms with van der Waals surface area (Å²) in [6.45, 7) is 4.12. The normalized spacial score (nSPS) is 10.5. The van der Waals surface area contributed by atoms with E-state index in [1.165, 1.54) is 11.1 Å². The molecule has 0 aliphatic heterocycles. The first-order chi connectivity index (χ1) is 8.13. The van der Waals surface area contributed by atoms with Crippen LogP contribution in [0.25, 0.3) is 0 Å². The minimum atomic E-state index is 0.816. The van der Waals surface area contributed by atoms with Crippen LogP contribution < -0.4 is 5.73 Å². The van der Waals surface area contributed by atoms with Crippen LogP contribution in [-0.2, 0) is 5.75 Å². The summed E-state index contributed by atoms with van der Waals surface area (Å²) in [4.78, 5) is 4.50. The fourth-order valence-electron chi connectivity index (χ4n) is 1.72. The molecule has 0 amide bonds. The van der Waals surface area contributed by atoms with E-state index in [0.717, 1.165) is 22.2 Å². The Balaban J connectivity index is 2.07. The number of rotatable bonds is 3. The molecule has 88 valence electrons. The number of hydrogen-bond donors (Lipinski definition) is 1. The van der Waals surface area contributed by atoms with E-state index in [0.29, 0.717) is 0 Å². The predicted molar refractivity (Wildman–Crippen MR) is 74.1 cm³/mol. The molecule has 0 aliphatic carbocycles. The second kappa shape index (κ2) is 5.23. The van der Waals surface area contributed by atoms with Crippen LogP contribution in [0.15, 0.2) is 41.4 Å². The third-order valence-electron chi connectivity index (χ3n) is 2.41. The summed E-state index contributed by atoms with van der Waals surface area (Å²) in [6, 6.07) is 12.2. The van der Waals surface area contributed by atoms with E-state index >= 15 is 0 Å². The first-order valence-corrected chi connectivity index (χ1v) is 6.54. The monoisotopic (exact) mass is 244 g/mol. The first-order valence-electron chi connectivity index (χ1n) is 5.56. The minimum absolute atomic E-state index is 0.816. The Kier molecular flexibility index (Phi) is 3.69. The van der Waals surface area contributed by atoms with Crippen LogP contribution in [-0.4, -0.2) is 4.98 Å². The molecule has 0 bridgehead atoms. The van der Waals surface area contributed by atoms with Gasteiger partial charge in [0, 0.05) is 17.1 Å². The van der Waals surface area contributed by atoms with Gasteiger partial charge >= 0.3 is 0 Å². The zero-order chi connectivity index (χ0) is 12.3. The van der Waals surface area contributed by atoms with Crippen LogP contribution in [0.1, 0.15) is 16.8 Å². The van der Waals surface area contributed by atoms with E-state index < -0.39 is 0 Å². The van der Waals surface area contributed by atoms with Gasteiger partial charge in [0.05, 0.1) is 5.03 Å². The van der Waals surface area contributed by atoms with Gasteiger partial charge in [0.15, 0.2) is 0 Å². The average molecular weight is 244 g/mol. The van der Waals surface area contributed by atoms with Crippen molar-refractivity contribution in [3.63, 3.8) is 0 Å². The molecule has 2 rings (SSSR count). The second-order valence-corrected chi connectivity index (χ2v) is 5.15. The number of nitrogen functional groups attached to an aromatic ring is 1. The number of nitrogens with two attached hydrogens (primary N) is 1. The van der Waals surface area contributed by atoms with Crippen LogP contribution in [0.2, 0.25) is 0 Å². The highest BCUT2D eigenvalue weighted by atomic mass is 32.2. The van der Waals surface area contributed by atoms with Crippen LogP contribution in [0.3, 0.4) is 0 Å². The van der Waals surface area contributed by atoms with E-state index in [1.807, 2.05) is 25.1 Å². The van der Waals surface area contributed by atoms with Gasteiger partial charge < -0.3 is 5.73 Å². The number of anilines is 1. The molecule has 0 saturated carbocycles. The molecule has 1 aromatic carbocycles. The molecule has 2 N–H and O–H groups in total. The number of thioether (sulfide) groups is 1. The van der Waals surface area contributed by atoms with Gasteiger partial charge in [-0.25, -0.2) is 4.98 Å². The fraction of sp³-hybridized carbons (Fsp3) is 0.214. The summed E-state index contributed by atoms with van der Waals surface area (Å²) < 4.78 is 0. The van der Waals surface area contributed by atoms with Crippen molar-refractivity contribution < 1.29 is 0 Å². The Morgan fingerprint density at radius 2 is 2.00 bits per heavy atom. The van der Waals surface area contributed by atoms with Gasteiger partial charge in [0.1, 0.15) is 0 Å².